The second-order valence-electron chi connectivity index (χ2n) is 5.63. The molecule has 0 spiro atoms. The number of likely N-dealkylation sites (N-methyl/N-ethyl adjacent to an activating group) is 1. The molecule has 0 aromatic heterocycles. The van der Waals surface area contributed by atoms with Gasteiger partial charge in [0, 0.05) is 19.2 Å². The van der Waals surface area contributed by atoms with Crippen LogP contribution in [0, 0.1) is 5.92 Å². The maximum atomic E-state index is 12.7. The smallest absolute Gasteiger partial charge is 0.311 e. The number of methoxy groups -OCH3 is 1. The van der Waals surface area contributed by atoms with Crippen LogP contribution < -0.4 is 4.74 Å². The van der Waals surface area contributed by atoms with Gasteiger partial charge in [-0.3, -0.25) is 9.59 Å². The molecule has 1 aromatic carbocycles. The molecule has 1 aliphatic rings. The van der Waals surface area contributed by atoms with E-state index in [9.17, 15) is 14.7 Å². The van der Waals surface area contributed by atoms with Crippen molar-refractivity contribution in [3.8, 4) is 5.75 Å². The zero-order valence-electron chi connectivity index (χ0n) is 13.6. The zero-order valence-corrected chi connectivity index (χ0v) is 13.6. The molecule has 1 N–H and O–H groups in total. The summed E-state index contributed by atoms with van der Waals surface area (Å²) >= 11 is 0. The Bertz CT molecular complexity index is 658. The molecular weight excluding hydrogens is 294 g/mol. The normalized spacial score (nSPS) is 17.1. The van der Waals surface area contributed by atoms with E-state index in [1.807, 2.05) is 30.3 Å². The number of allylic oxidation sites excluding steroid dienone is 3. The minimum atomic E-state index is -0.963. The number of hydrogen-bond donors (Lipinski definition) is 1. The van der Waals surface area contributed by atoms with E-state index in [4.69, 9.17) is 4.74 Å². The quantitative estimate of drug-likeness (QED) is 0.907. The van der Waals surface area contributed by atoms with Crippen LogP contribution in [0.3, 0.4) is 0 Å². The molecule has 5 heteroatoms. The number of rotatable bonds is 5. The Labute approximate surface area is 135 Å². The van der Waals surface area contributed by atoms with Crippen LogP contribution in [0.5, 0.6) is 5.75 Å². The van der Waals surface area contributed by atoms with E-state index < -0.39 is 11.9 Å². The lowest BCUT2D eigenvalue weighted by Gasteiger charge is -2.25. The van der Waals surface area contributed by atoms with Crippen molar-refractivity contribution >= 4 is 11.9 Å². The van der Waals surface area contributed by atoms with Gasteiger partial charge in [0.1, 0.15) is 5.75 Å². The van der Waals surface area contributed by atoms with Crippen molar-refractivity contribution in [3.63, 3.8) is 0 Å². The molecule has 1 aliphatic carbocycles. The Morgan fingerprint density at radius 3 is 2.52 bits per heavy atom. The summed E-state index contributed by atoms with van der Waals surface area (Å²) in [6, 6.07) is 7.45. The fourth-order valence-corrected chi connectivity index (χ4v) is 2.69. The molecule has 0 heterocycles. The van der Waals surface area contributed by atoms with Gasteiger partial charge in [0.15, 0.2) is 0 Å². The van der Waals surface area contributed by atoms with Crippen molar-refractivity contribution in [3.05, 3.63) is 53.1 Å². The first-order chi connectivity index (χ1) is 10.9. The Hall–Kier alpha value is -2.56. The molecule has 23 heavy (non-hydrogen) atoms. The summed E-state index contributed by atoms with van der Waals surface area (Å²) in [4.78, 5) is 25.7. The van der Waals surface area contributed by atoms with Crippen LogP contribution >= 0.6 is 0 Å². The highest BCUT2D eigenvalue weighted by Crippen LogP contribution is 2.27. The fraction of sp³-hybridized carbons (Fsp3) is 0.333. The third kappa shape index (κ3) is 3.80. The number of carbonyl (C=O) groups is 2. The van der Waals surface area contributed by atoms with Gasteiger partial charge in [-0.25, -0.2) is 0 Å². The predicted molar refractivity (Wildman–Crippen MR) is 87.1 cm³/mol. The number of carboxylic acid groups (broad SMARTS) is 1. The van der Waals surface area contributed by atoms with Crippen molar-refractivity contribution in [2.24, 2.45) is 5.92 Å². The highest BCUT2D eigenvalue weighted by molar-refractivity contribution is 6.00. The molecule has 1 aromatic rings. The number of amides is 1. The van der Waals surface area contributed by atoms with E-state index in [0.717, 1.165) is 16.9 Å². The van der Waals surface area contributed by atoms with E-state index >= 15 is 0 Å². The standard InChI is InChI=1S/C18H21NO4/c1-12-5-4-6-15(18(21)22)16(12)17(20)19(2)11-13-7-9-14(23-3)10-8-13/h4-5,7-10,15H,6,11H2,1-3H3,(H,21,22). The fourth-order valence-electron chi connectivity index (χ4n) is 2.69. The molecule has 122 valence electrons. The first kappa shape index (κ1) is 16.8. The van der Waals surface area contributed by atoms with Gasteiger partial charge in [0.05, 0.1) is 13.0 Å². The Balaban J connectivity index is 2.17. The van der Waals surface area contributed by atoms with Crippen LogP contribution in [0.4, 0.5) is 0 Å². The van der Waals surface area contributed by atoms with Crippen LogP contribution in [-0.4, -0.2) is 36.0 Å². The average molecular weight is 315 g/mol. The van der Waals surface area contributed by atoms with Crippen molar-refractivity contribution in [1.82, 2.24) is 4.90 Å². The first-order valence-electron chi connectivity index (χ1n) is 7.42. The summed E-state index contributed by atoms with van der Waals surface area (Å²) in [7, 11) is 3.28. The zero-order chi connectivity index (χ0) is 17.0. The Kier molecular flexibility index (Phi) is 5.21. The molecule has 0 fully saturated rings. The van der Waals surface area contributed by atoms with Crippen LogP contribution in [0.2, 0.25) is 0 Å². The number of hydrogen-bond acceptors (Lipinski definition) is 3. The van der Waals surface area contributed by atoms with E-state index in [2.05, 4.69) is 0 Å². The van der Waals surface area contributed by atoms with Gasteiger partial charge >= 0.3 is 5.97 Å². The molecule has 5 nitrogen and oxygen atoms in total. The lowest BCUT2D eigenvalue weighted by Crippen LogP contribution is -2.34. The summed E-state index contributed by atoms with van der Waals surface area (Å²) in [5.74, 6) is -1.22. The van der Waals surface area contributed by atoms with Gasteiger partial charge in [0.2, 0.25) is 0 Å². The second-order valence-corrected chi connectivity index (χ2v) is 5.63. The van der Waals surface area contributed by atoms with Crippen LogP contribution in [-0.2, 0) is 16.1 Å². The first-order valence-corrected chi connectivity index (χ1v) is 7.42. The molecule has 0 saturated carbocycles. The summed E-state index contributed by atoms with van der Waals surface area (Å²) in [5, 5.41) is 9.35. The number of benzene rings is 1. The molecule has 0 aliphatic heterocycles. The van der Waals surface area contributed by atoms with E-state index in [1.54, 1.807) is 32.1 Å². The topological polar surface area (TPSA) is 66.8 Å². The number of carbonyl (C=O) groups excluding carboxylic acids is 1. The number of carboxylic acids is 1. The van der Waals surface area contributed by atoms with E-state index in [-0.39, 0.29) is 5.91 Å². The second kappa shape index (κ2) is 7.13. The van der Waals surface area contributed by atoms with Gasteiger partial charge in [-0.2, -0.15) is 0 Å². The monoisotopic (exact) mass is 315 g/mol. The van der Waals surface area contributed by atoms with Crippen molar-refractivity contribution < 1.29 is 19.4 Å². The Morgan fingerprint density at radius 1 is 1.30 bits per heavy atom. The summed E-state index contributed by atoms with van der Waals surface area (Å²) in [6.07, 6.45) is 3.96. The lowest BCUT2D eigenvalue weighted by molar-refractivity contribution is -0.142. The minimum Gasteiger partial charge on any atom is -0.497 e. The molecule has 1 atom stereocenters. The van der Waals surface area contributed by atoms with Crippen LogP contribution in [0.25, 0.3) is 0 Å². The maximum absolute atomic E-state index is 12.7. The highest BCUT2D eigenvalue weighted by atomic mass is 16.5. The maximum Gasteiger partial charge on any atom is 0.311 e. The van der Waals surface area contributed by atoms with Crippen molar-refractivity contribution in [2.75, 3.05) is 14.2 Å². The van der Waals surface area contributed by atoms with Crippen molar-refractivity contribution in [1.29, 1.82) is 0 Å². The minimum absolute atomic E-state index is 0.241. The third-order valence-electron chi connectivity index (χ3n) is 3.97. The number of ether oxygens (including phenoxy) is 1. The molecule has 0 radical (unpaired) electrons. The average Bonchev–Trinajstić information content (AvgIpc) is 2.54. The number of aliphatic carboxylic acids is 1. The van der Waals surface area contributed by atoms with E-state index in [1.165, 1.54) is 0 Å². The molecule has 2 rings (SSSR count). The Morgan fingerprint density at radius 2 is 1.96 bits per heavy atom. The molecular formula is C18H21NO4. The van der Waals surface area contributed by atoms with Gasteiger partial charge in [-0.05, 0) is 36.6 Å². The van der Waals surface area contributed by atoms with Crippen LogP contribution in [0.1, 0.15) is 18.9 Å². The predicted octanol–water partition coefficient (Wildman–Crippen LogP) is 2.63. The van der Waals surface area contributed by atoms with Gasteiger partial charge in [-0.15, -0.1) is 0 Å². The molecule has 1 amide bonds. The van der Waals surface area contributed by atoms with Crippen molar-refractivity contribution in [2.45, 2.75) is 19.9 Å². The largest absolute Gasteiger partial charge is 0.497 e. The SMILES string of the molecule is COc1ccc(CN(C)C(=O)C2=C(C)C=CCC2C(=O)O)cc1. The van der Waals surface area contributed by atoms with Gasteiger partial charge < -0.3 is 14.7 Å². The third-order valence-corrected chi connectivity index (χ3v) is 3.97. The van der Waals surface area contributed by atoms with Crippen LogP contribution in [0.15, 0.2) is 47.6 Å². The molecule has 1 unspecified atom stereocenters. The lowest BCUT2D eigenvalue weighted by atomic mass is 9.86. The highest BCUT2D eigenvalue weighted by Gasteiger charge is 2.31. The summed E-state index contributed by atoms with van der Waals surface area (Å²) in [5.41, 5.74) is 2.05. The molecule has 0 bridgehead atoms. The number of nitrogens with zero attached hydrogens (tertiary/aromatic N) is 1. The van der Waals surface area contributed by atoms with Gasteiger partial charge in [-0.1, -0.05) is 24.3 Å². The summed E-state index contributed by atoms with van der Waals surface area (Å²) < 4.78 is 5.11. The summed E-state index contributed by atoms with van der Waals surface area (Å²) in [6.45, 7) is 2.19. The van der Waals surface area contributed by atoms with Gasteiger partial charge in [0.25, 0.3) is 5.91 Å². The van der Waals surface area contributed by atoms with E-state index in [0.29, 0.717) is 18.5 Å². The molecule has 0 saturated heterocycles.